The van der Waals surface area contributed by atoms with Crippen LogP contribution in [0.25, 0.3) is 5.57 Å². The van der Waals surface area contributed by atoms with Gasteiger partial charge in [0.2, 0.25) is 0 Å². The molecule has 0 amide bonds. The molecule has 0 radical (unpaired) electrons. The van der Waals surface area contributed by atoms with Crippen molar-refractivity contribution < 1.29 is 0 Å². The first-order valence-corrected chi connectivity index (χ1v) is 31.4. The highest BCUT2D eigenvalue weighted by molar-refractivity contribution is 6.03. The Morgan fingerprint density at radius 1 is 0.556 bits per heavy atom. The van der Waals surface area contributed by atoms with Gasteiger partial charge in [-0.15, -0.1) is 0 Å². The molecular formula is C78H117N3. The van der Waals surface area contributed by atoms with E-state index in [1.165, 1.54) is 129 Å². The van der Waals surface area contributed by atoms with Crippen molar-refractivity contribution in [1.29, 1.82) is 0 Å². The Hall–Kier alpha value is -6.16. The second-order valence-electron chi connectivity index (χ2n) is 19.7. The molecule has 0 saturated carbocycles. The van der Waals surface area contributed by atoms with Crippen LogP contribution in [0.1, 0.15) is 218 Å². The number of benzene rings is 4. The minimum absolute atomic E-state index is 0.223. The second-order valence-corrected chi connectivity index (χ2v) is 19.7. The minimum atomic E-state index is 0.223. The number of aryl methyl sites for hydroxylation is 4. The van der Waals surface area contributed by atoms with E-state index in [0.29, 0.717) is 6.67 Å². The van der Waals surface area contributed by atoms with Gasteiger partial charge in [0, 0.05) is 18.7 Å². The van der Waals surface area contributed by atoms with Crippen LogP contribution in [0.5, 0.6) is 0 Å². The van der Waals surface area contributed by atoms with Crippen molar-refractivity contribution in [2.75, 3.05) is 13.2 Å². The maximum atomic E-state index is 5.32. The van der Waals surface area contributed by atoms with E-state index in [1.54, 1.807) is 0 Å². The lowest BCUT2D eigenvalue weighted by molar-refractivity contribution is 0.424. The molecule has 0 aliphatic heterocycles. The summed E-state index contributed by atoms with van der Waals surface area (Å²) >= 11 is 0. The third-order valence-corrected chi connectivity index (χ3v) is 13.3. The summed E-state index contributed by atoms with van der Waals surface area (Å²) in [6.45, 7) is 41.9. The van der Waals surface area contributed by atoms with E-state index < -0.39 is 0 Å². The van der Waals surface area contributed by atoms with Crippen LogP contribution in [0.2, 0.25) is 0 Å². The molecule has 1 unspecified atom stereocenters. The van der Waals surface area contributed by atoms with Gasteiger partial charge in [-0.2, -0.15) is 0 Å². The first kappa shape index (κ1) is 76.9. The summed E-state index contributed by atoms with van der Waals surface area (Å²) in [6, 6.07) is 35.0. The van der Waals surface area contributed by atoms with Crippen LogP contribution in [-0.4, -0.2) is 25.6 Å². The lowest BCUT2D eigenvalue weighted by Gasteiger charge is -2.33. The van der Waals surface area contributed by atoms with Crippen molar-refractivity contribution in [2.45, 2.75) is 214 Å². The van der Waals surface area contributed by atoms with Crippen LogP contribution in [0, 0.1) is 27.7 Å². The normalized spacial score (nSPS) is 15.8. The Balaban J connectivity index is 0. The Bertz CT molecular complexity index is 2520. The average Bonchev–Trinajstić information content (AvgIpc) is 3.59. The van der Waals surface area contributed by atoms with Crippen LogP contribution in [-0.2, 0) is 11.8 Å². The summed E-state index contributed by atoms with van der Waals surface area (Å²) in [4.78, 5) is 8.58. The number of allylic oxidation sites excluding steroid dienone is 18. The molecule has 0 aromatic heterocycles. The zero-order chi connectivity index (χ0) is 61.1. The molecule has 9 rings (SSSR count). The summed E-state index contributed by atoms with van der Waals surface area (Å²) < 4.78 is 0. The number of aliphatic imine (C=N–C) groups is 2. The highest BCUT2D eigenvalue weighted by atomic mass is 14.8. The Morgan fingerprint density at radius 3 is 1.54 bits per heavy atom. The second kappa shape index (κ2) is 50.8. The van der Waals surface area contributed by atoms with Gasteiger partial charge in [-0.3, -0.25) is 9.98 Å². The fraction of sp³-hybridized carbons (Fsp3) is 0.436. The number of nitrogens with zero attached hydrogens (tertiary/aromatic N) is 2. The molecule has 5 aliphatic rings. The smallest absolute Gasteiger partial charge is 0.0852 e. The minimum Gasteiger partial charge on any atom is -0.312 e. The lowest BCUT2D eigenvalue weighted by atomic mass is 9.71. The predicted molar refractivity (Wildman–Crippen MR) is 372 cm³/mol. The SMILES string of the molecule is C=NCN.CC.CC.CC.CC.CC.CC1=CC=CCC1.CC1=CCCC=C1.CC1=CCCC=C1.Cc1ccc(C)c(C2=C(CC(=NCCc3ccc(C)cc3C3(C)CC=CCC3)c3ccccc3)C=CCC2)c1.Cc1ccccc1. The maximum Gasteiger partial charge on any atom is 0.0852 e. The molecule has 2 N–H and O–H groups in total. The van der Waals surface area contributed by atoms with Crippen molar-refractivity contribution in [1.82, 2.24) is 0 Å². The van der Waals surface area contributed by atoms with Gasteiger partial charge in [-0.1, -0.05) is 286 Å². The summed E-state index contributed by atoms with van der Waals surface area (Å²) in [7, 11) is 0. The Kier molecular flexibility index (Phi) is 48.2. The van der Waals surface area contributed by atoms with Crippen LogP contribution >= 0.6 is 0 Å². The van der Waals surface area contributed by atoms with Crippen LogP contribution in [0.3, 0.4) is 0 Å². The van der Waals surface area contributed by atoms with Gasteiger partial charge in [0.1, 0.15) is 0 Å². The van der Waals surface area contributed by atoms with Crippen LogP contribution in [0.4, 0.5) is 0 Å². The average molecular weight is 1100 g/mol. The zero-order valence-corrected chi connectivity index (χ0v) is 55.0. The number of hydrogen-bond donors (Lipinski definition) is 1. The first-order valence-electron chi connectivity index (χ1n) is 31.4. The molecule has 0 bridgehead atoms. The third kappa shape index (κ3) is 34.0. The van der Waals surface area contributed by atoms with E-state index in [9.17, 15) is 0 Å². The van der Waals surface area contributed by atoms with Gasteiger partial charge < -0.3 is 5.73 Å². The number of nitrogens with two attached hydrogens (primary N) is 1. The molecule has 0 heterocycles. The van der Waals surface area contributed by atoms with Gasteiger partial charge in [-0.05, 0) is 177 Å². The molecular weight excluding hydrogens is 979 g/mol. The number of hydrogen-bond acceptors (Lipinski definition) is 3. The van der Waals surface area contributed by atoms with E-state index in [0.717, 1.165) is 38.6 Å². The van der Waals surface area contributed by atoms with E-state index in [1.807, 2.05) is 87.4 Å². The number of rotatable bonds is 9. The third-order valence-electron chi connectivity index (χ3n) is 13.3. The van der Waals surface area contributed by atoms with Gasteiger partial charge >= 0.3 is 0 Å². The summed E-state index contributed by atoms with van der Waals surface area (Å²) in [5, 5.41) is 0. The van der Waals surface area contributed by atoms with Gasteiger partial charge in [0.25, 0.3) is 0 Å². The lowest BCUT2D eigenvalue weighted by Crippen LogP contribution is -2.25. The highest BCUT2D eigenvalue weighted by Crippen LogP contribution is 2.39. The van der Waals surface area contributed by atoms with Crippen molar-refractivity contribution in [3.63, 3.8) is 0 Å². The van der Waals surface area contributed by atoms with Crippen molar-refractivity contribution >= 4 is 18.0 Å². The molecule has 1 atom stereocenters. The van der Waals surface area contributed by atoms with Crippen molar-refractivity contribution in [3.8, 4) is 0 Å². The van der Waals surface area contributed by atoms with Crippen LogP contribution < -0.4 is 5.73 Å². The Labute approximate surface area is 500 Å². The molecule has 3 nitrogen and oxygen atoms in total. The first-order chi connectivity index (χ1) is 39.4. The fourth-order valence-electron chi connectivity index (χ4n) is 9.05. The quantitative estimate of drug-likeness (QED) is 0.132. The van der Waals surface area contributed by atoms with Gasteiger partial charge in [0.15, 0.2) is 0 Å². The monoisotopic (exact) mass is 1100 g/mol. The molecule has 4 aromatic rings. The molecule has 81 heavy (non-hydrogen) atoms. The molecule has 0 saturated heterocycles. The summed E-state index contributed by atoms with van der Waals surface area (Å²) in [6.07, 6.45) is 44.2. The van der Waals surface area contributed by atoms with E-state index in [-0.39, 0.29) is 5.41 Å². The summed E-state index contributed by atoms with van der Waals surface area (Å²) in [5.74, 6) is 0. The summed E-state index contributed by atoms with van der Waals surface area (Å²) in [5.41, 5.74) is 24.4. The Morgan fingerprint density at radius 2 is 1.10 bits per heavy atom. The van der Waals surface area contributed by atoms with Gasteiger partial charge in [-0.25, -0.2) is 0 Å². The predicted octanol–water partition coefficient (Wildman–Crippen LogP) is 23.4. The van der Waals surface area contributed by atoms with Gasteiger partial charge in [0.05, 0.1) is 6.67 Å². The van der Waals surface area contributed by atoms with Crippen molar-refractivity contribution in [3.05, 3.63) is 243 Å². The topological polar surface area (TPSA) is 50.7 Å². The maximum absolute atomic E-state index is 5.32. The zero-order valence-electron chi connectivity index (χ0n) is 55.0. The van der Waals surface area contributed by atoms with Crippen molar-refractivity contribution in [2.24, 2.45) is 15.7 Å². The molecule has 3 heteroatoms. The highest BCUT2D eigenvalue weighted by Gasteiger charge is 2.29. The van der Waals surface area contributed by atoms with E-state index in [4.69, 9.17) is 10.7 Å². The molecule has 4 aromatic carbocycles. The molecule has 0 spiro atoms. The van der Waals surface area contributed by atoms with E-state index >= 15 is 0 Å². The molecule has 444 valence electrons. The van der Waals surface area contributed by atoms with E-state index in [2.05, 4.69) is 225 Å². The molecule has 5 aliphatic carbocycles. The standard InChI is InChI=1S/C38H43N.3C7H10.C7H8.C2H6N2.5C2H6/c1-28-17-19-30(3)35(25-28)34-16-10-9-15-33(34)27-37(32-13-7-5-8-14-32)39-24-21-31-20-18-29(2)26-36(31)38(4)22-11-6-12-23-38;4*1-7-5-3-2-4-6-7;1-4-2-3;5*1-2/h5-9,11,13-15,17-20,25-26H,10,12,16,21-24,27H2,1-4H3;2*3,5-6H,2,4H2,1H3;2-3,5H,4,6H2,1H3;2-6H,1H3;1-3H2;5*1-2H3. The van der Waals surface area contributed by atoms with Crippen LogP contribution in [0.15, 0.2) is 208 Å². The molecule has 0 fully saturated rings. The largest absolute Gasteiger partial charge is 0.312 e. The fourth-order valence-corrected chi connectivity index (χ4v) is 9.05.